The van der Waals surface area contributed by atoms with Gasteiger partial charge >= 0.3 is 11.9 Å². The van der Waals surface area contributed by atoms with Gasteiger partial charge in [0.25, 0.3) is 0 Å². The minimum absolute atomic E-state index is 0.00548. The van der Waals surface area contributed by atoms with Crippen LogP contribution in [0.15, 0.2) is 0 Å². The Hall–Kier alpha value is -1.10. The number of hydrogen-bond acceptors (Lipinski definition) is 5. The highest BCUT2D eigenvalue weighted by molar-refractivity contribution is 5.69. The molecule has 0 fully saturated rings. The predicted molar refractivity (Wildman–Crippen MR) is 256 cm³/mol. The molecule has 0 aromatic heterocycles. The SMILES string of the molecule is CCCCCCCCCCCCCCCCCCOC(=O)CCCCCCCCCCC(CCCCCC)OC(=O)CCCCCCCCCCC(O)CCCCCC. The molecule has 0 aliphatic carbocycles. The van der Waals surface area contributed by atoms with Gasteiger partial charge in [-0.1, -0.05) is 245 Å². The lowest BCUT2D eigenvalue weighted by Crippen LogP contribution is -2.18. The first kappa shape index (κ1) is 57.9. The number of esters is 2. The Morgan fingerprint density at radius 3 is 0.983 bits per heavy atom. The maximum Gasteiger partial charge on any atom is 0.306 e. The van der Waals surface area contributed by atoms with Crippen LogP contribution in [0.1, 0.15) is 316 Å². The van der Waals surface area contributed by atoms with E-state index in [0.29, 0.717) is 19.4 Å². The molecule has 0 aliphatic rings. The topological polar surface area (TPSA) is 72.8 Å². The van der Waals surface area contributed by atoms with E-state index in [-0.39, 0.29) is 24.1 Å². The monoisotopic (exact) mass is 835 g/mol. The second-order valence-electron chi connectivity index (χ2n) is 18.7. The molecule has 0 amide bonds. The van der Waals surface area contributed by atoms with Crippen molar-refractivity contribution < 1.29 is 24.2 Å². The average molecular weight is 835 g/mol. The molecule has 5 nitrogen and oxygen atoms in total. The Morgan fingerprint density at radius 2 is 0.610 bits per heavy atom. The van der Waals surface area contributed by atoms with Gasteiger partial charge in [-0.3, -0.25) is 9.59 Å². The molecule has 0 saturated heterocycles. The highest BCUT2D eigenvalue weighted by Gasteiger charge is 2.14. The fourth-order valence-corrected chi connectivity index (χ4v) is 8.58. The molecule has 0 bridgehead atoms. The van der Waals surface area contributed by atoms with Crippen molar-refractivity contribution in [3.05, 3.63) is 0 Å². The fraction of sp³-hybridized carbons (Fsp3) is 0.963. The van der Waals surface area contributed by atoms with E-state index in [1.165, 1.54) is 205 Å². The largest absolute Gasteiger partial charge is 0.466 e. The van der Waals surface area contributed by atoms with Crippen LogP contribution in [0.3, 0.4) is 0 Å². The first-order valence-corrected chi connectivity index (χ1v) is 27.1. The molecule has 0 radical (unpaired) electrons. The van der Waals surface area contributed by atoms with Gasteiger partial charge in [-0.2, -0.15) is 0 Å². The number of aliphatic hydroxyl groups excluding tert-OH is 1. The van der Waals surface area contributed by atoms with Gasteiger partial charge in [-0.15, -0.1) is 0 Å². The van der Waals surface area contributed by atoms with Gasteiger partial charge in [-0.05, 0) is 57.8 Å². The first-order chi connectivity index (χ1) is 29.0. The lowest BCUT2D eigenvalue weighted by molar-refractivity contribution is -0.150. The number of carbonyl (C=O) groups excluding carboxylic acids is 2. The lowest BCUT2D eigenvalue weighted by Gasteiger charge is -2.18. The van der Waals surface area contributed by atoms with E-state index in [1.807, 2.05) is 0 Å². The summed E-state index contributed by atoms with van der Waals surface area (Å²) in [6, 6.07) is 0. The molecule has 0 aliphatic heterocycles. The smallest absolute Gasteiger partial charge is 0.306 e. The van der Waals surface area contributed by atoms with E-state index in [4.69, 9.17) is 9.47 Å². The van der Waals surface area contributed by atoms with Gasteiger partial charge in [0.2, 0.25) is 0 Å². The van der Waals surface area contributed by atoms with Crippen molar-refractivity contribution in [2.24, 2.45) is 0 Å². The maximum atomic E-state index is 12.7. The molecule has 0 rings (SSSR count). The van der Waals surface area contributed by atoms with Crippen molar-refractivity contribution in [3.8, 4) is 0 Å². The predicted octanol–water partition coefficient (Wildman–Crippen LogP) is 17.8. The van der Waals surface area contributed by atoms with Crippen LogP contribution in [-0.2, 0) is 19.1 Å². The molecule has 0 aromatic carbocycles. The minimum atomic E-state index is -0.0947. The summed E-state index contributed by atoms with van der Waals surface area (Å²) in [5.41, 5.74) is 0. The summed E-state index contributed by atoms with van der Waals surface area (Å²) in [4.78, 5) is 24.9. The van der Waals surface area contributed by atoms with E-state index in [2.05, 4.69) is 20.8 Å². The second-order valence-corrected chi connectivity index (χ2v) is 18.7. The van der Waals surface area contributed by atoms with Crippen molar-refractivity contribution in [1.29, 1.82) is 0 Å². The van der Waals surface area contributed by atoms with Gasteiger partial charge in [0, 0.05) is 12.8 Å². The van der Waals surface area contributed by atoms with Crippen molar-refractivity contribution in [1.82, 2.24) is 0 Å². The number of rotatable bonds is 50. The van der Waals surface area contributed by atoms with Gasteiger partial charge in [-0.25, -0.2) is 0 Å². The third-order valence-corrected chi connectivity index (χ3v) is 12.7. The summed E-state index contributed by atoms with van der Waals surface area (Å²) in [7, 11) is 0. The molecule has 0 aromatic rings. The summed E-state index contributed by atoms with van der Waals surface area (Å²) in [6.07, 6.45) is 55.6. The van der Waals surface area contributed by atoms with E-state index >= 15 is 0 Å². The Bertz CT molecular complexity index is 830. The number of hydrogen-bond donors (Lipinski definition) is 1. The van der Waals surface area contributed by atoms with E-state index in [9.17, 15) is 14.7 Å². The summed E-state index contributed by atoms with van der Waals surface area (Å²) in [5.74, 6) is 0.0110. The molecule has 5 heteroatoms. The lowest BCUT2D eigenvalue weighted by atomic mass is 10.0. The van der Waals surface area contributed by atoms with Gasteiger partial charge in [0.1, 0.15) is 6.10 Å². The first-order valence-electron chi connectivity index (χ1n) is 27.1. The van der Waals surface area contributed by atoms with Gasteiger partial charge in [0.15, 0.2) is 0 Å². The molecule has 2 unspecified atom stereocenters. The van der Waals surface area contributed by atoms with E-state index in [0.717, 1.165) is 77.0 Å². The molecule has 352 valence electrons. The summed E-state index contributed by atoms with van der Waals surface area (Å²) < 4.78 is 11.5. The highest BCUT2D eigenvalue weighted by atomic mass is 16.5. The molecule has 1 N–H and O–H groups in total. The van der Waals surface area contributed by atoms with Crippen molar-refractivity contribution in [2.75, 3.05) is 6.61 Å². The van der Waals surface area contributed by atoms with Crippen LogP contribution < -0.4 is 0 Å². The van der Waals surface area contributed by atoms with Crippen LogP contribution in [0.5, 0.6) is 0 Å². The third kappa shape index (κ3) is 47.8. The van der Waals surface area contributed by atoms with Crippen LogP contribution in [0.2, 0.25) is 0 Å². The third-order valence-electron chi connectivity index (χ3n) is 12.7. The van der Waals surface area contributed by atoms with E-state index < -0.39 is 0 Å². The van der Waals surface area contributed by atoms with Crippen molar-refractivity contribution in [2.45, 2.75) is 328 Å². The van der Waals surface area contributed by atoms with Crippen LogP contribution >= 0.6 is 0 Å². The van der Waals surface area contributed by atoms with Crippen LogP contribution in [0.25, 0.3) is 0 Å². The molecular formula is C54H106O5. The van der Waals surface area contributed by atoms with Crippen molar-refractivity contribution in [3.63, 3.8) is 0 Å². The Kier molecular flexibility index (Phi) is 48.6. The summed E-state index contributed by atoms with van der Waals surface area (Å²) >= 11 is 0. The molecule has 2 atom stereocenters. The second kappa shape index (κ2) is 49.6. The normalized spacial score (nSPS) is 12.5. The minimum Gasteiger partial charge on any atom is -0.466 e. The number of ether oxygens (including phenoxy) is 2. The molecule has 0 heterocycles. The number of unbranched alkanes of at least 4 members (excludes halogenated alkanes) is 35. The zero-order valence-electron chi connectivity index (χ0n) is 40.5. The summed E-state index contributed by atoms with van der Waals surface area (Å²) in [6.45, 7) is 7.37. The fourth-order valence-electron chi connectivity index (χ4n) is 8.58. The maximum absolute atomic E-state index is 12.7. The van der Waals surface area contributed by atoms with E-state index in [1.54, 1.807) is 0 Å². The van der Waals surface area contributed by atoms with Crippen molar-refractivity contribution >= 4 is 11.9 Å². The Balaban J connectivity index is 3.70. The zero-order valence-corrected chi connectivity index (χ0v) is 40.5. The van der Waals surface area contributed by atoms with Gasteiger partial charge in [0.05, 0.1) is 12.7 Å². The Labute approximate surface area is 369 Å². The highest BCUT2D eigenvalue weighted by Crippen LogP contribution is 2.20. The standard InChI is InChI=1S/C54H106O5/c1-4-7-10-13-14-15-16-17-18-19-20-21-26-31-36-43-50-58-53(56)48-41-34-29-25-23-28-33-40-47-52(46-39-12-9-6-3)59-54(57)49-42-35-30-24-22-27-32-38-45-51(55)44-37-11-8-5-2/h51-52,55H,4-50H2,1-3H3. The number of carbonyl (C=O) groups is 2. The zero-order chi connectivity index (χ0) is 43.0. The molecule has 59 heavy (non-hydrogen) atoms. The average Bonchev–Trinajstić information content (AvgIpc) is 3.23. The number of aliphatic hydroxyl groups is 1. The Morgan fingerprint density at radius 1 is 0.339 bits per heavy atom. The van der Waals surface area contributed by atoms with Crippen LogP contribution in [0, 0.1) is 0 Å². The van der Waals surface area contributed by atoms with Crippen LogP contribution in [0.4, 0.5) is 0 Å². The summed E-state index contributed by atoms with van der Waals surface area (Å²) in [5, 5.41) is 10.1. The molecule has 0 spiro atoms. The quantitative estimate of drug-likeness (QED) is 0.0488. The molecule has 0 saturated carbocycles. The van der Waals surface area contributed by atoms with Gasteiger partial charge < -0.3 is 14.6 Å². The van der Waals surface area contributed by atoms with Crippen LogP contribution in [-0.4, -0.2) is 35.9 Å². The molecular weight excluding hydrogens is 729 g/mol.